The zero-order valence-electron chi connectivity index (χ0n) is 11.9. The molecule has 2 rings (SSSR count). The number of nitrogens with zero attached hydrogens (tertiary/aromatic N) is 4. The van der Waals surface area contributed by atoms with E-state index in [4.69, 9.17) is 0 Å². The first kappa shape index (κ1) is 16.5. The molecule has 0 radical (unpaired) electrons. The summed E-state index contributed by atoms with van der Waals surface area (Å²) in [5.74, 6) is 0. The van der Waals surface area contributed by atoms with E-state index in [0.717, 1.165) is 24.4 Å². The topological polar surface area (TPSA) is 154 Å². The first-order chi connectivity index (χ1) is 11.4. The summed E-state index contributed by atoms with van der Waals surface area (Å²) in [7, 11) is 0. The largest absolute Gasteiger partial charge is 0.301 e. The number of nitro groups is 3. The van der Waals surface area contributed by atoms with Gasteiger partial charge >= 0.3 is 5.69 Å². The predicted molar refractivity (Wildman–Crippen MR) is 84.1 cm³/mol. The maximum absolute atomic E-state index is 11.0. The van der Waals surface area contributed by atoms with E-state index < -0.39 is 26.1 Å². The molecule has 0 aliphatic carbocycles. The number of nitrogens with one attached hydrogen (secondary N) is 1. The van der Waals surface area contributed by atoms with Gasteiger partial charge in [0.15, 0.2) is 0 Å². The van der Waals surface area contributed by atoms with Crippen molar-refractivity contribution in [3.05, 3.63) is 78.4 Å². The van der Waals surface area contributed by atoms with E-state index in [1.54, 1.807) is 6.07 Å². The summed E-state index contributed by atoms with van der Waals surface area (Å²) in [6, 6.07) is 8.81. The SMILES string of the molecule is O=[N+]([O-])c1ccc(N/N=C/c2ccccc2[N+](=O)[O-])c([N+](=O)[O-])c1. The molecule has 2 aromatic carbocycles. The fraction of sp³-hybridized carbons (Fsp3) is 0. The van der Waals surface area contributed by atoms with Crippen LogP contribution in [-0.4, -0.2) is 21.0 Å². The number of non-ortho nitro benzene ring substituents is 1. The van der Waals surface area contributed by atoms with E-state index in [0.29, 0.717) is 0 Å². The van der Waals surface area contributed by atoms with Crippen LogP contribution in [0.4, 0.5) is 22.7 Å². The predicted octanol–water partition coefficient (Wildman–Crippen LogP) is 2.86. The quantitative estimate of drug-likeness (QED) is 0.484. The van der Waals surface area contributed by atoms with Crippen LogP contribution in [0.1, 0.15) is 5.56 Å². The van der Waals surface area contributed by atoms with Crippen LogP contribution in [-0.2, 0) is 0 Å². The molecule has 11 heteroatoms. The van der Waals surface area contributed by atoms with Crippen molar-refractivity contribution in [1.29, 1.82) is 0 Å². The molecule has 0 saturated carbocycles. The van der Waals surface area contributed by atoms with Crippen molar-refractivity contribution < 1.29 is 14.8 Å². The molecule has 0 aliphatic rings. The summed E-state index contributed by atoms with van der Waals surface area (Å²) in [6.07, 6.45) is 1.13. The maximum Gasteiger partial charge on any atom is 0.301 e. The number of hydrazone groups is 1. The number of benzene rings is 2. The molecule has 0 aliphatic heterocycles. The number of hydrogen-bond donors (Lipinski definition) is 1. The van der Waals surface area contributed by atoms with Crippen LogP contribution in [0.25, 0.3) is 0 Å². The van der Waals surface area contributed by atoms with Crippen molar-refractivity contribution in [3.8, 4) is 0 Å². The van der Waals surface area contributed by atoms with Gasteiger partial charge in [-0.05, 0) is 12.1 Å². The second-order valence-corrected chi connectivity index (χ2v) is 4.40. The molecule has 0 spiro atoms. The Kier molecular flexibility index (Phi) is 4.75. The van der Waals surface area contributed by atoms with Crippen LogP contribution in [0.15, 0.2) is 47.6 Å². The van der Waals surface area contributed by atoms with Gasteiger partial charge in [0.1, 0.15) is 5.69 Å². The van der Waals surface area contributed by atoms with Crippen molar-refractivity contribution in [1.82, 2.24) is 0 Å². The van der Waals surface area contributed by atoms with Crippen molar-refractivity contribution in [3.63, 3.8) is 0 Å². The molecular weight excluding hydrogens is 322 g/mol. The summed E-state index contributed by atoms with van der Waals surface area (Å²) in [5.41, 5.74) is 1.32. The normalized spacial score (nSPS) is 10.5. The zero-order chi connectivity index (χ0) is 17.7. The Morgan fingerprint density at radius 3 is 2.17 bits per heavy atom. The Bertz CT molecular complexity index is 850. The summed E-state index contributed by atoms with van der Waals surface area (Å²) >= 11 is 0. The minimum absolute atomic E-state index is 0.0829. The fourth-order valence-corrected chi connectivity index (χ4v) is 1.81. The van der Waals surface area contributed by atoms with Gasteiger partial charge in [0, 0.05) is 12.1 Å². The second-order valence-electron chi connectivity index (χ2n) is 4.40. The Balaban J connectivity index is 2.28. The number of anilines is 1. The van der Waals surface area contributed by atoms with Gasteiger partial charge in [-0.1, -0.05) is 12.1 Å². The van der Waals surface area contributed by atoms with Gasteiger partial charge in [-0.3, -0.25) is 35.8 Å². The molecule has 0 unspecified atom stereocenters. The van der Waals surface area contributed by atoms with Gasteiger partial charge in [0.05, 0.1) is 32.6 Å². The number of hydrogen-bond acceptors (Lipinski definition) is 8. The number of para-hydroxylation sites is 1. The lowest BCUT2D eigenvalue weighted by Crippen LogP contribution is -1.99. The van der Waals surface area contributed by atoms with Crippen LogP contribution in [0.5, 0.6) is 0 Å². The maximum atomic E-state index is 11.0. The van der Waals surface area contributed by atoms with Crippen molar-refractivity contribution in [2.45, 2.75) is 0 Å². The van der Waals surface area contributed by atoms with E-state index in [1.807, 2.05) is 0 Å². The van der Waals surface area contributed by atoms with Crippen LogP contribution >= 0.6 is 0 Å². The molecule has 0 bridgehead atoms. The van der Waals surface area contributed by atoms with Crippen LogP contribution in [0, 0.1) is 30.3 Å². The number of nitro benzene ring substituents is 3. The Hall–Kier alpha value is -3.89. The van der Waals surface area contributed by atoms with E-state index in [1.165, 1.54) is 18.2 Å². The molecule has 0 atom stereocenters. The van der Waals surface area contributed by atoms with E-state index >= 15 is 0 Å². The Morgan fingerprint density at radius 1 is 0.875 bits per heavy atom. The lowest BCUT2D eigenvalue weighted by molar-refractivity contribution is -0.393. The van der Waals surface area contributed by atoms with Gasteiger partial charge < -0.3 is 0 Å². The van der Waals surface area contributed by atoms with Crippen molar-refractivity contribution >= 4 is 29.0 Å². The first-order valence-corrected chi connectivity index (χ1v) is 6.35. The lowest BCUT2D eigenvalue weighted by atomic mass is 10.2. The minimum atomic E-state index is -0.796. The van der Waals surface area contributed by atoms with Crippen molar-refractivity contribution in [2.75, 3.05) is 5.43 Å². The third-order valence-electron chi connectivity index (χ3n) is 2.91. The van der Waals surface area contributed by atoms with Crippen molar-refractivity contribution in [2.24, 2.45) is 5.10 Å². The van der Waals surface area contributed by atoms with Gasteiger partial charge in [-0.2, -0.15) is 5.10 Å². The molecular formula is C13H9N5O6. The third-order valence-corrected chi connectivity index (χ3v) is 2.91. The molecule has 2 aromatic rings. The molecule has 24 heavy (non-hydrogen) atoms. The monoisotopic (exact) mass is 331 g/mol. The van der Waals surface area contributed by atoms with E-state index in [2.05, 4.69) is 10.5 Å². The van der Waals surface area contributed by atoms with Gasteiger partial charge in [0.25, 0.3) is 11.4 Å². The standard InChI is InChI=1S/C13H9N5O6/c19-16(20)10-5-6-11(13(7-10)18(23)24)15-14-8-9-3-1-2-4-12(9)17(21)22/h1-8,15H/b14-8+. The smallest absolute Gasteiger partial charge is 0.272 e. The van der Waals surface area contributed by atoms with Gasteiger partial charge in [-0.15, -0.1) is 0 Å². The highest BCUT2D eigenvalue weighted by molar-refractivity contribution is 5.85. The van der Waals surface area contributed by atoms with E-state index in [-0.39, 0.29) is 16.9 Å². The van der Waals surface area contributed by atoms with Crippen LogP contribution in [0.3, 0.4) is 0 Å². The zero-order valence-corrected chi connectivity index (χ0v) is 11.9. The highest BCUT2D eigenvalue weighted by Gasteiger charge is 2.19. The second kappa shape index (κ2) is 6.91. The summed E-state index contributed by atoms with van der Waals surface area (Å²) < 4.78 is 0. The number of rotatable bonds is 6. The molecule has 0 heterocycles. The third kappa shape index (κ3) is 3.65. The van der Waals surface area contributed by atoms with Gasteiger partial charge in [-0.25, -0.2) is 0 Å². The molecule has 0 aromatic heterocycles. The van der Waals surface area contributed by atoms with Crippen LogP contribution < -0.4 is 5.43 Å². The minimum Gasteiger partial charge on any atom is -0.272 e. The molecule has 0 amide bonds. The molecule has 11 nitrogen and oxygen atoms in total. The molecule has 0 saturated heterocycles. The highest BCUT2D eigenvalue weighted by Crippen LogP contribution is 2.28. The van der Waals surface area contributed by atoms with Gasteiger partial charge in [0.2, 0.25) is 0 Å². The summed E-state index contributed by atoms with van der Waals surface area (Å²) in [4.78, 5) is 30.4. The first-order valence-electron chi connectivity index (χ1n) is 6.35. The van der Waals surface area contributed by atoms with E-state index in [9.17, 15) is 30.3 Å². The Labute approximate surface area is 133 Å². The summed E-state index contributed by atoms with van der Waals surface area (Å²) in [6.45, 7) is 0. The Morgan fingerprint density at radius 2 is 1.54 bits per heavy atom. The average molecular weight is 331 g/mol. The molecule has 122 valence electrons. The summed E-state index contributed by atoms with van der Waals surface area (Å²) in [5, 5.41) is 36.2. The molecule has 0 fully saturated rings. The highest BCUT2D eigenvalue weighted by atomic mass is 16.6. The lowest BCUT2D eigenvalue weighted by Gasteiger charge is -2.02. The average Bonchev–Trinajstić information content (AvgIpc) is 2.55. The van der Waals surface area contributed by atoms with Crippen LogP contribution in [0.2, 0.25) is 0 Å². The molecule has 1 N–H and O–H groups in total. The fourth-order valence-electron chi connectivity index (χ4n) is 1.81.